The van der Waals surface area contributed by atoms with Crippen LogP contribution in [0, 0.1) is 5.92 Å². The van der Waals surface area contributed by atoms with Crippen LogP contribution in [0.2, 0.25) is 0 Å². The van der Waals surface area contributed by atoms with Gasteiger partial charge in [0.2, 0.25) is 0 Å². The quantitative estimate of drug-likeness (QED) is 0.442. The van der Waals surface area contributed by atoms with E-state index in [0.717, 1.165) is 24.0 Å². The number of hydrogen-bond acceptors (Lipinski definition) is 3. The Kier molecular flexibility index (Phi) is 8.16. The monoisotopic (exact) mass is 339 g/mol. The number of nitrogens with zero attached hydrogens (tertiary/aromatic N) is 1. The molecule has 6 heteroatoms. The van der Waals surface area contributed by atoms with Crippen LogP contribution >= 0.6 is 0 Å². The Morgan fingerprint density at radius 1 is 1.39 bits per heavy atom. The van der Waals surface area contributed by atoms with Crippen molar-refractivity contribution in [2.45, 2.75) is 26.7 Å². The highest BCUT2D eigenvalue weighted by molar-refractivity contribution is 7.82. The average Bonchev–Trinajstić information content (AvgIpc) is 2.54. The second-order valence-corrected chi connectivity index (χ2v) is 6.42. The normalized spacial score (nSPS) is 19.2. The third-order valence-electron chi connectivity index (χ3n) is 3.96. The number of likely N-dealkylation sites (tertiary alicyclic amines) is 1. The Labute approximate surface area is 140 Å². The first-order chi connectivity index (χ1) is 10.9. The molecule has 0 aromatic heterocycles. The lowest BCUT2D eigenvalue weighted by Gasteiger charge is -2.31. The number of aliphatic hydroxyl groups excluding tert-OH is 1. The molecule has 5 nitrogen and oxygen atoms in total. The maximum Gasteiger partial charge on any atom is 0.253 e. The highest BCUT2D eigenvalue weighted by Crippen LogP contribution is 2.19. The summed E-state index contributed by atoms with van der Waals surface area (Å²) < 4.78 is 19.5. The van der Waals surface area contributed by atoms with Crippen LogP contribution in [0.1, 0.15) is 26.7 Å². The van der Waals surface area contributed by atoms with Crippen LogP contribution < -0.4 is 0 Å². The highest BCUT2D eigenvalue weighted by Gasteiger charge is 2.23. The Morgan fingerprint density at radius 3 is 2.48 bits per heavy atom. The lowest BCUT2D eigenvalue weighted by atomic mass is 9.97. The van der Waals surface area contributed by atoms with Gasteiger partial charge in [0, 0.05) is 30.7 Å². The van der Waals surface area contributed by atoms with Crippen LogP contribution in [0.15, 0.2) is 46.9 Å². The van der Waals surface area contributed by atoms with E-state index in [1.54, 1.807) is 23.1 Å². The van der Waals surface area contributed by atoms with E-state index in [0.29, 0.717) is 18.7 Å². The minimum atomic E-state index is -2.00. The van der Waals surface area contributed by atoms with E-state index in [9.17, 15) is 9.00 Å². The van der Waals surface area contributed by atoms with Gasteiger partial charge in [0.25, 0.3) is 5.91 Å². The van der Waals surface area contributed by atoms with Crippen LogP contribution in [-0.4, -0.2) is 44.4 Å². The second-order valence-electron chi connectivity index (χ2n) is 5.59. The van der Waals surface area contributed by atoms with Crippen LogP contribution in [0.25, 0.3) is 0 Å². The molecule has 1 fully saturated rings. The van der Waals surface area contributed by atoms with E-state index in [-0.39, 0.29) is 18.4 Å². The molecule has 2 N–H and O–H groups in total. The van der Waals surface area contributed by atoms with E-state index < -0.39 is 11.1 Å². The zero-order valence-electron chi connectivity index (χ0n) is 13.7. The zero-order valence-corrected chi connectivity index (χ0v) is 14.5. The number of carbonyl (C=O) groups excluding carboxylic acids is 1. The SMILES string of the molecule is C=C(\C=C(C)/C(/C=C/S(=O)O)=C/C)C(=O)N1CCC(CO)CC1. The van der Waals surface area contributed by atoms with Crippen molar-refractivity contribution in [1.29, 1.82) is 0 Å². The summed E-state index contributed by atoms with van der Waals surface area (Å²) in [5, 5.41) is 10.3. The molecule has 1 heterocycles. The fraction of sp³-hybridized carbons (Fsp3) is 0.471. The number of rotatable bonds is 6. The molecule has 1 unspecified atom stereocenters. The van der Waals surface area contributed by atoms with Gasteiger partial charge in [-0.15, -0.1) is 0 Å². The number of piperidine rings is 1. The zero-order chi connectivity index (χ0) is 17.4. The fourth-order valence-corrected chi connectivity index (χ4v) is 2.78. The molecule has 0 spiro atoms. The Bertz CT molecular complexity index is 555. The first-order valence-corrected chi connectivity index (χ1v) is 8.77. The molecule has 1 aliphatic rings. The van der Waals surface area contributed by atoms with Gasteiger partial charge in [-0.05, 0) is 55.9 Å². The molecule has 23 heavy (non-hydrogen) atoms. The maximum atomic E-state index is 12.4. The van der Waals surface area contributed by atoms with Crippen LogP contribution in [0.4, 0.5) is 0 Å². The Balaban J connectivity index is 2.72. The summed E-state index contributed by atoms with van der Waals surface area (Å²) in [6, 6.07) is 0. The molecule has 1 amide bonds. The van der Waals surface area contributed by atoms with E-state index in [4.69, 9.17) is 9.66 Å². The van der Waals surface area contributed by atoms with Crippen molar-refractivity contribution >= 4 is 17.0 Å². The molecule has 128 valence electrons. The second kappa shape index (κ2) is 9.60. The summed E-state index contributed by atoms with van der Waals surface area (Å²) in [6.07, 6.45) is 6.67. The Hall–Kier alpha value is -1.50. The average molecular weight is 339 g/mol. The van der Waals surface area contributed by atoms with Gasteiger partial charge in [-0.3, -0.25) is 4.79 Å². The summed E-state index contributed by atoms with van der Waals surface area (Å²) in [5.74, 6) is 0.176. The Morgan fingerprint density at radius 2 is 2.00 bits per heavy atom. The van der Waals surface area contributed by atoms with Gasteiger partial charge in [0.1, 0.15) is 0 Å². The van der Waals surface area contributed by atoms with Gasteiger partial charge < -0.3 is 14.6 Å². The molecule has 0 saturated carbocycles. The topological polar surface area (TPSA) is 77.8 Å². The molecule has 0 radical (unpaired) electrons. The minimum absolute atomic E-state index is 0.106. The smallest absolute Gasteiger partial charge is 0.253 e. The molecule has 1 rings (SSSR count). The lowest BCUT2D eigenvalue weighted by Crippen LogP contribution is -2.39. The van der Waals surface area contributed by atoms with Crippen molar-refractivity contribution in [1.82, 2.24) is 4.90 Å². The number of allylic oxidation sites excluding steroid dienone is 4. The molecular formula is C17H25NO4S. The molecule has 0 aliphatic carbocycles. The predicted octanol–water partition coefficient (Wildman–Crippen LogP) is 2.40. The standard InChI is InChI=1S/C17H25NO4S/c1-4-16(7-10-23(21)22)13(2)11-14(3)17(20)18-8-5-15(12-19)6-9-18/h4,7,10-11,15,19H,3,5-6,8-9,12H2,1-2H3,(H,21,22)/b10-7+,13-11-,16-4+. The largest absolute Gasteiger partial charge is 0.396 e. The minimum Gasteiger partial charge on any atom is -0.396 e. The van der Waals surface area contributed by atoms with Gasteiger partial charge in [-0.25, -0.2) is 4.21 Å². The fourth-order valence-electron chi connectivity index (χ4n) is 2.51. The molecule has 1 saturated heterocycles. The van der Waals surface area contributed by atoms with Gasteiger partial charge >= 0.3 is 0 Å². The van der Waals surface area contributed by atoms with E-state index >= 15 is 0 Å². The lowest BCUT2D eigenvalue weighted by molar-refractivity contribution is -0.128. The van der Waals surface area contributed by atoms with Gasteiger partial charge in [0.15, 0.2) is 11.1 Å². The van der Waals surface area contributed by atoms with Crippen LogP contribution in [0.5, 0.6) is 0 Å². The summed E-state index contributed by atoms with van der Waals surface area (Å²) >= 11 is -2.00. The van der Waals surface area contributed by atoms with E-state index in [2.05, 4.69) is 6.58 Å². The number of carbonyl (C=O) groups is 1. The molecule has 1 atom stereocenters. The highest BCUT2D eigenvalue weighted by atomic mass is 32.2. The number of amides is 1. The molecule has 0 bridgehead atoms. The predicted molar refractivity (Wildman–Crippen MR) is 93.0 cm³/mol. The third-order valence-corrected chi connectivity index (χ3v) is 4.32. The van der Waals surface area contributed by atoms with E-state index in [1.165, 1.54) is 5.41 Å². The van der Waals surface area contributed by atoms with Crippen molar-refractivity contribution in [3.8, 4) is 0 Å². The van der Waals surface area contributed by atoms with Crippen LogP contribution in [0.3, 0.4) is 0 Å². The number of aliphatic hydroxyl groups is 1. The van der Waals surface area contributed by atoms with Gasteiger partial charge in [-0.1, -0.05) is 12.7 Å². The molecule has 0 aromatic rings. The summed E-state index contributed by atoms with van der Waals surface area (Å²) in [7, 11) is 0. The summed E-state index contributed by atoms with van der Waals surface area (Å²) in [4.78, 5) is 14.2. The van der Waals surface area contributed by atoms with Crippen molar-refractivity contribution < 1.29 is 18.7 Å². The first-order valence-electron chi connectivity index (χ1n) is 7.61. The van der Waals surface area contributed by atoms with Crippen molar-refractivity contribution in [2.24, 2.45) is 5.92 Å². The summed E-state index contributed by atoms with van der Waals surface area (Å²) in [6.45, 7) is 8.94. The molecule has 1 aliphatic heterocycles. The van der Waals surface area contributed by atoms with Crippen molar-refractivity contribution in [2.75, 3.05) is 19.7 Å². The molecule has 0 aromatic carbocycles. The summed E-state index contributed by atoms with van der Waals surface area (Å²) in [5.41, 5.74) is 1.96. The molecular weight excluding hydrogens is 314 g/mol. The van der Waals surface area contributed by atoms with Crippen molar-refractivity contribution in [3.63, 3.8) is 0 Å². The van der Waals surface area contributed by atoms with Gasteiger partial charge in [-0.2, -0.15) is 0 Å². The maximum absolute atomic E-state index is 12.4. The first kappa shape index (κ1) is 19.5. The van der Waals surface area contributed by atoms with Crippen LogP contribution in [-0.2, 0) is 15.9 Å². The van der Waals surface area contributed by atoms with Gasteiger partial charge in [0.05, 0.1) is 0 Å². The third kappa shape index (κ3) is 6.25. The van der Waals surface area contributed by atoms with Crippen molar-refractivity contribution in [3.05, 3.63) is 46.9 Å². The number of hydrogen-bond donors (Lipinski definition) is 2. The van der Waals surface area contributed by atoms with E-state index in [1.807, 2.05) is 13.8 Å².